The second kappa shape index (κ2) is 8.23. The minimum Gasteiger partial charge on any atom is -0.316 e. The molecule has 0 spiro atoms. The van der Waals surface area contributed by atoms with Gasteiger partial charge in [0.05, 0.1) is 5.56 Å². The average Bonchev–Trinajstić information content (AvgIpc) is 2.69. The first-order valence-electron chi connectivity index (χ1n) is 10.3. The number of halogens is 3. The van der Waals surface area contributed by atoms with Crippen LogP contribution >= 0.6 is 0 Å². The van der Waals surface area contributed by atoms with E-state index in [2.05, 4.69) is 12.2 Å². The van der Waals surface area contributed by atoms with Crippen LogP contribution in [0.5, 0.6) is 0 Å². The highest BCUT2D eigenvalue weighted by atomic mass is 19.4. The summed E-state index contributed by atoms with van der Waals surface area (Å²) < 4.78 is 38.5. The Morgan fingerprint density at radius 3 is 2.43 bits per heavy atom. The van der Waals surface area contributed by atoms with Gasteiger partial charge in [0.15, 0.2) is 5.78 Å². The summed E-state index contributed by atoms with van der Waals surface area (Å²) >= 11 is 0. The molecule has 0 bridgehead atoms. The Hall–Kier alpha value is -2.66. The van der Waals surface area contributed by atoms with Gasteiger partial charge in [-0.15, -0.1) is 0 Å². The second-order valence-electron chi connectivity index (χ2n) is 8.17. The van der Waals surface area contributed by atoms with E-state index in [9.17, 15) is 18.0 Å². The van der Waals surface area contributed by atoms with Crippen LogP contribution in [0.3, 0.4) is 0 Å². The van der Waals surface area contributed by atoms with E-state index in [-0.39, 0.29) is 5.78 Å². The van der Waals surface area contributed by atoms with E-state index in [0.29, 0.717) is 23.8 Å². The fourth-order valence-electron chi connectivity index (χ4n) is 4.00. The maximum atomic E-state index is 12.8. The number of benzene rings is 3. The Morgan fingerprint density at radius 1 is 1.07 bits per heavy atom. The molecule has 1 atom stereocenters. The van der Waals surface area contributed by atoms with Crippen LogP contribution in [-0.2, 0) is 6.18 Å². The summed E-state index contributed by atoms with van der Waals surface area (Å²) in [5.74, 6) is 1.33. The lowest BCUT2D eigenvalue weighted by molar-refractivity contribution is -0.137. The van der Waals surface area contributed by atoms with Crippen molar-refractivity contribution in [2.24, 2.45) is 11.8 Å². The van der Waals surface area contributed by atoms with Crippen LogP contribution in [0.1, 0.15) is 35.7 Å². The van der Waals surface area contributed by atoms with Crippen molar-refractivity contribution in [3.8, 4) is 11.1 Å². The monoisotopic (exact) mass is 411 g/mol. The minimum absolute atomic E-state index is 0.135. The molecular weight excluding hydrogens is 387 g/mol. The summed E-state index contributed by atoms with van der Waals surface area (Å²) in [5, 5.41) is 5.10. The smallest absolute Gasteiger partial charge is 0.316 e. The largest absolute Gasteiger partial charge is 0.416 e. The minimum atomic E-state index is -4.35. The number of hydrogen-bond donors (Lipinski definition) is 1. The zero-order valence-electron chi connectivity index (χ0n) is 16.8. The first-order valence-corrected chi connectivity index (χ1v) is 10.3. The maximum Gasteiger partial charge on any atom is 0.416 e. The van der Waals surface area contributed by atoms with Crippen molar-refractivity contribution < 1.29 is 18.0 Å². The fraction of sp³-hybridized carbons (Fsp3) is 0.320. The first kappa shape index (κ1) is 20.6. The summed E-state index contributed by atoms with van der Waals surface area (Å²) in [4.78, 5) is 12.7. The number of ketones is 1. The standard InChI is InChI=1S/C25H24F3NO/c1-16(20-14-29-15-20)5-12-24(30)19-8-11-23-18(13-19)3-2-4-22(23)17-6-9-21(10-7-17)25(26,27)28/h2-4,6-11,13,16,20,29H,5,12,14-15H2,1H3/t16-/m0/s1. The van der Waals surface area contributed by atoms with Crippen LogP contribution in [0, 0.1) is 11.8 Å². The lowest BCUT2D eigenvalue weighted by Crippen LogP contribution is -2.45. The van der Waals surface area contributed by atoms with E-state index in [4.69, 9.17) is 0 Å². The van der Waals surface area contributed by atoms with Crippen LogP contribution in [0.2, 0.25) is 0 Å². The van der Waals surface area contributed by atoms with Crippen LogP contribution in [0.15, 0.2) is 60.7 Å². The Labute approximate surface area is 174 Å². The first-order chi connectivity index (χ1) is 14.3. The molecule has 30 heavy (non-hydrogen) atoms. The van der Waals surface area contributed by atoms with Crippen molar-refractivity contribution in [3.63, 3.8) is 0 Å². The number of carbonyl (C=O) groups excluding carboxylic acids is 1. The zero-order chi connectivity index (χ0) is 21.3. The van der Waals surface area contributed by atoms with E-state index in [1.165, 1.54) is 12.1 Å². The molecule has 2 nitrogen and oxygen atoms in total. The van der Waals surface area contributed by atoms with Gasteiger partial charge >= 0.3 is 6.18 Å². The van der Waals surface area contributed by atoms with Gasteiger partial charge in [0.25, 0.3) is 0 Å². The third-order valence-electron chi connectivity index (χ3n) is 6.17. The number of rotatable bonds is 6. The molecule has 0 unspecified atom stereocenters. The van der Waals surface area contributed by atoms with E-state index in [1.54, 1.807) is 0 Å². The summed E-state index contributed by atoms with van der Waals surface area (Å²) in [6.07, 6.45) is -2.93. The van der Waals surface area contributed by atoms with Crippen LogP contribution in [0.25, 0.3) is 21.9 Å². The van der Waals surface area contributed by atoms with Gasteiger partial charge in [-0.3, -0.25) is 4.79 Å². The molecule has 0 aromatic heterocycles. The molecule has 0 radical (unpaired) electrons. The molecule has 0 amide bonds. The Kier molecular flexibility index (Phi) is 5.65. The van der Waals surface area contributed by atoms with Gasteiger partial charge < -0.3 is 5.32 Å². The second-order valence-corrected chi connectivity index (χ2v) is 8.17. The van der Waals surface area contributed by atoms with E-state index < -0.39 is 11.7 Å². The number of fused-ring (bicyclic) bond motifs is 1. The molecule has 1 fully saturated rings. The zero-order valence-corrected chi connectivity index (χ0v) is 16.8. The summed E-state index contributed by atoms with van der Waals surface area (Å²) in [7, 11) is 0. The molecule has 1 heterocycles. The van der Waals surface area contributed by atoms with Crippen LogP contribution < -0.4 is 5.32 Å². The van der Waals surface area contributed by atoms with Crippen molar-refractivity contribution in [2.75, 3.05) is 13.1 Å². The summed E-state index contributed by atoms with van der Waals surface area (Å²) in [6, 6.07) is 16.5. The molecule has 5 heteroatoms. The highest BCUT2D eigenvalue weighted by molar-refractivity contribution is 6.03. The van der Waals surface area contributed by atoms with Crippen LogP contribution in [0.4, 0.5) is 13.2 Å². The van der Waals surface area contributed by atoms with E-state index in [1.807, 2.05) is 36.4 Å². The molecule has 3 aromatic carbocycles. The number of nitrogens with one attached hydrogen (secondary N) is 1. The molecule has 1 aliphatic rings. The van der Waals surface area contributed by atoms with Crippen molar-refractivity contribution in [2.45, 2.75) is 25.9 Å². The molecule has 3 aromatic rings. The maximum absolute atomic E-state index is 12.8. The molecule has 0 saturated carbocycles. The number of Topliss-reactive ketones (excluding diaryl/α,β-unsaturated/α-hetero) is 1. The summed E-state index contributed by atoms with van der Waals surface area (Å²) in [6.45, 7) is 4.28. The summed E-state index contributed by atoms with van der Waals surface area (Å²) in [5.41, 5.74) is 1.60. The van der Waals surface area contributed by atoms with Gasteiger partial charge in [-0.2, -0.15) is 13.2 Å². The van der Waals surface area contributed by atoms with Crippen molar-refractivity contribution >= 4 is 16.6 Å². The highest BCUT2D eigenvalue weighted by Gasteiger charge is 2.30. The van der Waals surface area contributed by atoms with Crippen molar-refractivity contribution in [1.29, 1.82) is 0 Å². The van der Waals surface area contributed by atoms with E-state index in [0.717, 1.165) is 53.5 Å². The van der Waals surface area contributed by atoms with Crippen LogP contribution in [-0.4, -0.2) is 18.9 Å². The molecule has 156 valence electrons. The topological polar surface area (TPSA) is 29.1 Å². The molecular formula is C25H24F3NO. The molecule has 0 aliphatic carbocycles. The Balaban J connectivity index is 1.55. The van der Waals surface area contributed by atoms with Gasteiger partial charge in [0.2, 0.25) is 0 Å². The van der Waals surface area contributed by atoms with Gasteiger partial charge in [-0.25, -0.2) is 0 Å². The van der Waals surface area contributed by atoms with Crippen molar-refractivity contribution in [3.05, 3.63) is 71.8 Å². The van der Waals surface area contributed by atoms with E-state index >= 15 is 0 Å². The third kappa shape index (κ3) is 4.26. The Bertz CT molecular complexity index is 1050. The SMILES string of the molecule is C[C@@H](CCC(=O)c1ccc2c(-c3ccc(C(F)(F)F)cc3)cccc2c1)C1CNC1. The number of alkyl halides is 3. The number of carbonyl (C=O) groups is 1. The van der Waals surface area contributed by atoms with Gasteiger partial charge in [0, 0.05) is 12.0 Å². The third-order valence-corrected chi connectivity index (χ3v) is 6.17. The highest BCUT2D eigenvalue weighted by Crippen LogP contribution is 2.34. The van der Waals surface area contributed by atoms with Gasteiger partial charge in [-0.1, -0.05) is 49.4 Å². The molecule has 4 rings (SSSR count). The predicted molar refractivity (Wildman–Crippen MR) is 113 cm³/mol. The van der Waals surface area contributed by atoms with Gasteiger partial charge in [-0.05, 0) is 71.4 Å². The number of hydrogen-bond acceptors (Lipinski definition) is 2. The average molecular weight is 411 g/mol. The molecule has 1 N–H and O–H groups in total. The lowest BCUT2D eigenvalue weighted by atomic mass is 9.85. The van der Waals surface area contributed by atoms with Crippen molar-refractivity contribution in [1.82, 2.24) is 5.32 Å². The normalized spacial score (nSPS) is 15.7. The Morgan fingerprint density at radius 2 is 1.80 bits per heavy atom. The fourth-order valence-corrected chi connectivity index (χ4v) is 4.00. The predicted octanol–water partition coefficient (Wildman–Crippen LogP) is 6.34. The van der Waals surface area contributed by atoms with Gasteiger partial charge in [0.1, 0.15) is 0 Å². The molecule has 1 saturated heterocycles. The lowest BCUT2D eigenvalue weighted by Gasteiger charge is -2.32. The quantitative estimate of drug-likeness (QED) is 0.479. The molecule has 1 aliphatic heterocycles.